The van der Waals surface area contributed by atoms with Gasteiger partial charge in [-0.2, -0.15) is 4.98 Å². The van der Waals surface area contributed by atoms with Crippen LogP contribution in [0.3, 0.4) is 0 Å². The zero-order chi connectivity index (χ0) is 18.8. The van der Waals surface area contributed by atoms with Crippen LogP contribution in [0.2, 0.25) is 0 Å². The number of nitrogens with zero attached hydrogens (tertiary/aromatic N) is 2. The minimum Gasteiger partial charge on any atom is -0.387 e. The van der Waals surface area contributed by atoms with E-state index >= 15 is 0 Å². The molecule has 0 unspecified atom stereocenters. The molecule has 0 radical (unpaired) electrons. The Labute approximate surface area is 143 Å². The first-order valence-electron chi connectivity index (χ1n) is 7.73. The first kappa shape index (κ1) is 20.0. The zero-order valence-corrected chi connectivity index (χ0v) is 14.5. The first-order valence-corrected chi connectivity index (χ1v) is 9.26. The van der Waals surface area contributed by atoms with Gasteiger partial charge < -0.3 is 30.5 Å². The van der Waals surface area contributed by atoms with Crippen molar-refractivity contribution in [3.05, 3.63) is 22.2 Å². The van der Waals surface area contributed by atoms with E-state index in [1.807, 2.05) is 6.92 Å². The largest absolute Gasteiger partial charge is 0.469 e. The fourth-order valence-electron chi connectivity index (χ4n) is 2.53. The van der Waals surface area contributed by atoms with Gasteiger partial charge in [-0.25, -0.2) is 9.36 Å². The van der Waals surface area contributed by atoms with Crippen molar-refractivity contribution in [2.75, 3.05) is 12.3 Å². The number of aromatic nitrogens is 2. The Morgan fingerprint density at radius 1 is 1.40 bits per heavy atom. The summed E-state index contributed by atoms with van der Waals surface area (Å²) >= 11 is 0. The van der Waals surface area contributed by atoms with Crippen LogP contribution < -0.4 is 11.4 Å². The second kappa shape index (κ2) is 7.92. The lowest BCUT2D eigenvalue weighted by molar-refractivity contribution is -0.0543. The van der Waals surface area contributed by atoms with Gasteiger partial charge in [-0.15, -0.1) is 0 Å². The number of ether oxygens (including phenoxy) is 1. The van der Waals surface area contributed by atoms with Gasteiger partial charge >= 0.3 is 13.5 Å². The number of phosphoric ester groups is 1. The lowest BCUT2D eigenvalue weighted by Crippen LogP contribution is -2.36. The number of aliphatic hydroxyl groups is 2. The Morgan fingerprint density at radius 3 is 2.68 bits per heavy atom. The Bertz CT molecular complexity index is 705. The molecule has 12 heteroatoms. The predicted molar refractivity (Wildman–Crippen MR) is 85.4 cm³/mol. The summed E-state index contributed by atoms with van der Waals surface area (Å²) in [6.07, 6.45) is -1.80. The van der Waals surface area contributed by atoms with Gasteiger partial charge in [0.15, 0.2) is 6.23 Å². The van der Waals surface area contributed by atoms with Crippen molar-refractivity contribution >= 4 is 13.6 Å². The average Bonchev–Trinajstić information content (AvgIpc) is 2.80. The molecule has 1 saturated heterocycles. The number of nitrogen functional groups attached to an aromatic ring is 1. The molecule has 2 rings (SSSR count). The number of hydrogen-bond donors (Lipinski definition) is 5. The van der Waals surface area contributed by atoms with E-state index in [-0.39, 0.29) is 5.82 Å². The standard InChI is InChI=1S/C13H22N3O8P/c1-2-3-4-7-5-16(13(19)15-11(7)14)12-10(18)9(17)8(24-12)6-23-25(20,21)22/h5,8-10,12,17-18H,2-4,6H2,1H3,(H2,14,15,19)(H2,20,21,22)/t8-,9-,10-,12-/m1/s1. The van der Waals surface area contributed by atoms with Crippen molar-refractivity contribution in [1.82, 2.24) is 9.55 Å². The highest BCUT2D eigenvalue weighted by Gasteiger charge is 2.45. The summed E-state index contributed by atoms with van der Waals surface area (Å²) in [5.74, 6) is 0.0871. The molecule has 11 nitrogen and oxygen atoms in total. The maximum Gasteiger partial charge on any atom is 0.469 e. The van der Waals surface area contributed by atoms with Gasteiger partial charge in [-0.3, -0.25) is 9.09 Å². The second-order valence-corrected chi connectivity index (χ2v) is 7.02. The maximum atomic E-state index is 12.1. The monoisotopic (exact) mass is 379 g/mol. The summed E-state index contributed by atoms with van der Waals surface area (Å²) in [6, 6.07) is 0. The molecule has 1 aromatic heterocycles. The van der Waals surface area contributed by atoms with Crippen molar-refractivity contribution in [1.29, 1.82) is 0 Å². The Hall–Kier alpha value is -1.33. The van der Waals surface area contributed by atoms with Gasteiger partial charge in [0.2, 0.25) is 0 Å². The van der Waals surface area contributed by atoms with Crippen LogP contribution in [0.5, 0.6) is 0 Å². The summed E-state index contributed by atoms with van der Waals surface area (Å²) in [4.78, 5) is 33.2. The third-order valence-electron chi connectivity index (χ3n) is 3.88. The number of aliphatic hydroxyl groups excluding tert-OH is 2. The summed E-state index contributed by atoms with van der Waals surface area (Å²) < 4.78 is 21.4. The number of phosphoric acid groups is 1. The minimum absolute atomic E-state index is 0.0871. The van der Waals surface area contributed by atoms with E-state index in [9.17, 15) is 19.6 Å². The summed E-state index contributed by atoms with van der Waals surface area (Å²) in [5.41, 5.74) is 5.56. The van der Waals surface area contributed by atoms with E-state index in [1.165, 1.54) is 6.20 Å². The molecule has 25 heavy (non-hydrogen) atoms. The van der Waals surface area contributed by atoms with E-state index in [2.05, 4.69) is 9.51 Å². The molecule has 142 valence electrons. The molecule has 6 N–H and O–H groups in total. The molecule has 1 aromatic rings. The summed E-state index contributed by atoms with van der Waals surface area (Å²) in [5, 5.41) is 20.1. The number of aryl methyl sites for hydroxylation is 1. The molecule has 0 amide bonds. The van der Waals surface area contributed by atoms with Crippen LogP contribution in [-0.2, 0) is 20.2 Å². The molecule has 1 aliphatic rings. The van der Waals surface area contributed by atoms with Gasteiger partial charge in [0.1, 0.15) is 24.1 Å². The van der Waals surface area contributed by atoms with Crippen LogP contribution in [-0.4, -0.2) is 54.5 Å². The number of anilines is 1. The number of hydrogen-bond acceptors (Lipinski definition) is 8. The Morgan fingerprint density at radius 2 is 2.08 bits per heavy atom. The van der Waals surface area contributed by atoms with Crippen molar-refractivity contribution in [2.24, 2.45) is 0 Å². The molecule has 2 heterocycles. The zero-order valence-electron chi connectivity index (χ0n) is 13.6. The normalized spacial score (nSPS) is 26.9. The first-order chi connectivity index (χ1) is 11.6. The van der Waals surface area contributed by atoms with Gasteiger partial charge in [-0.1, -0.05) is 13.3 Å². The Kier molecular flexibility index (Phi) is 6.33. The third kappa shape index (κ3) is 4.85. The Balaban J connectivity index is 2.23. The molecule has 0 saturated carbocycles. The van der Waals surface area contributed by atoms with Crippen LogP contribution in [0.15, 0.2) is 11.0 Å². The van der Waals surface area contributed by atoms with Crippen molar-refractivity contribution < 1.29 is 33.8 Å². The molecule has 0 aliphatic carbocycles. The lowest BCUT2D eigenvalue weighted by Gasteiger charge is -2.18. The van der Waals surface area contributed by atoms with Gasteiger partial charge in [-0.05, 0) is 12.8 Å². The number of rotatable bonds is 7. The molecule has 0 spiro atoms. The SMILES string of the molecule is CCCCc1cn([C@@H]2O[C@H](COP(=O)(O)O)[C@@H](O)[C@H]2O)c(=O)nc1N. The van der Waals surface area contributed by atoms with Crippen LogP contribution in [0.25, 0.3) is 0 Å². The highest BCUT2D eigenvalue weighted by Crippen LogP contribution is 2.38. The van der Waals surface area contributed by atoms with Crippen LogP contribution in [0.4, 0.5) is 5.82 Å². The van der Waals surface area contributed by atoms with E-state index < -0.39 is 44.7 Å². The number of unbranched alkanes of at least 4 members (excludes halogenated alkanes) is 1. The van der Waals surface area contributed by atoms with Gasteiger partial charge in [0, 0.05) is 11.8 Å². The highest BCUT2D eigenvalue weighted by atomic mass is 31.2. The quantitative estimate of drug-likeness (QED) is 0.365. The fourth-order valence-corrected chi connectivity index (χ4v) is 2.87. The second-order valence-electron chi connectivity index (χ2n) is 5.78. The minimum atomic E-state index is -4.76. The van der Waals surface area contributed by atoms with E-state index in [0.717, 1.165) is 17.4 Å². The van der Waals surface area contributed by atoms with Crippen LogP contribution in [0.1, 0.15) is 31.6 Å². The molecule has 1 fully saturated rings. The molecular weight excluding hydrogens is 357 g/mol. The molecule has 0 aromatic carbocycles. The lowest BCUT2D eigenvalue weighted by atomic mass is 10.1. The van der Waals surface area contributed by atoms with Crippen molar-refractivity contribution in [2.45, 2.75) is 50.7 Å². The highest BCUT2D eigenvalue weighted by molar-refractivity contribution is 7.46. The topological polar surface area (TPSA) is 177 Å². The summed E-state index contributed by atoms with van der Waals surface area (Å²) in [6.45, 7) is 1.34. The van der Waals surface area contributed by atoms with Crippen molar-refractivity contribution in [3.8, 4) is 0 Å². The fraction of sp³-hybridized carbons (Fsp3) is 0.692. The van der Waals surface area contributed by atoms with Crippen molar-refractivity contribution in [3.63, 3.8) is 0 Å². The third-order valence-corrected chi connectivity index (χ3v) is 4.36. The smallest absolute Gasteiger partial charge is 0.387 e. The maximum absolute atomic E-state index is 12.1. The van der Waals surface area contributed by atoms with E-state index in [4.69, 9.17) is 20.3 Å². The summed E-state index contributed by atoms with van der Waals surface area (Å²) in [7, 11) is -4.76. The van der Waals surface area contributed by atoms with Gasteiger partial charge in [0.25, 0.3) is 0 Å². The molecular formula is C13H22N3O8P. The van der Waals surface area contributed by atoms with Crippen LogP contribution >= 0.6 is 7.82 Å². The van der Waals surface area contributed by atoms with Gasteiger partial charge in [0.05, 0.1) is 6.61 Å². The van der Waals surface area contributed by atoms with E-state index in [1.54, 1.807) is 0 Å². The van der Waals surface area contributed by atoms with Crippen LogP contribution in [0, 0.1) is 0 Å². The van der Waals surface area contributed by atoms with E-state index in [0.29, 0.717) is 12.0 Å². The predicted octanol–water partition coefficient (Wildman–Crippen LogP) is -1.10. The molecule has 4 atom stereocenters. The number of nitrogens with two attached hydrogens (primary N) is 1. The molecule has 0 bridgehead atoms. The average molecular weight is 379 g/mol. The molecule has 1 aliphatic heterocycles.